The third kappa shape index (κ3) is 2.31. The molecule has 1 aliphatic carbocycles. The maximum atomic E-state index is 14.4. The van der Waals surface area contributed by atoms with E-state index in [1.54, 1.807) is 6.07 Å². The maximum Gasteiger partial charge on any atom is 0.291 e. The van der Waals surface area contributed by atoms with E-state index >= 15 is 0 Å². The first-order valence-corrected chi connectivity index (χ1v) is 8.27. The monoisotopic (exact) mass is 329 g/mol. The molecule has 2 aromatic heterocycles. The number of fused-ring (bicyclic) bond motifs is 1. The fraction of sp³-hybridized carbons (Fsp3) is 0.471. The molecule has 0 spiro atoms. The second-order valence-electron chi connectivity index (χ2n) is 6.67. The highest BCUT2D eigenvalue weighted by molar-refractivity contribution is 5.84. The summed E-state index contributed by atoms with van der Waals surface area (Å²) in [6.07, 6.45) is 1.95. The van der Waals surface area contributed by atoms with Crippen LogP contribution in [0.4, 0.5) is 4.39 Å². The van der Waals surface area contributed by atoms with E-state index in [1.807, 2.05) is 27.0 Å². The van der Waals surface area contributed by atoms with Crippen LogP contribution in [0.1, 0.15) is 50.1 Å². The third-order valence-corrected chi connectivity index (χ3v) is 4.75. The summed E-state index contributed by atoms with van der Waals surface area (Å²) in [6.45, 7) is 4.07. The first-order chi connectivity index (χ1) is 11.6. The molecule has 1 fully saturated rings. The highest BCUT2D eigenvalue weighted by Gasteiger charge is 2.34. The van der Waals surface area contributed by atoms with Crippen molar-refractivity contribution in [2.24, 2.45) is 0 Å². The molecule has 2 heterocycles. The van der Waals surface area contributed by atoms with Crippen LogP contribution in [0.25, 0.3) is 16.9 Å². The first-order valence-electron chi connectivity index (χ1n) is 8.27. The van der Waals surface area contributed by atoms with Gasteiger partial charge in [0.25, 0.3) is 5.95 Å². The van der Waals surface area contributed by atoms with Gasteiger partial charge in [-0.05, 0) is 37.0 Å². The van der Waals surface area contributed by atoms with Gasteiger partial charge in [0.05, 0.1) is 5.69 Å². The molecule has 1 N–H and O–H groups in total. The molecule has 3 aromatic rings. The Bertz CT molecular complexity index is 878. The predicted octanol–water partition coefficient (Wildman–Crippen LogP) is 3.14. The largest absolute Gasteiger partial charge is 0.337 e. The summed E-state index contributed by atoms with van der Waals surface area (Å²) in [5, 5.41) is 12.6. The van der Waals surface area contributed by atoms with Crippen LogP contribution >= 0.6 is 0 Å². The average molecular weight is 329 g/mol. The molecule has 0 saturated heterocycles. The van der Waals surface area contributed by atoms with Gasteiger partial charge in [-0.1, -0.05) is 26.0 Å². The minimum Gasteiger partial charge on any atom is -0.337 e. The summed E-state index contributed by atoms with van der Waals surface area (Å²) >= 11 is 0. The second-order valence-corrected chi connectivity index (χ2v) is 6.67. The van der Waals surface area contributed by atoms with Crippen LogP contribution < -0.4 is 5.32 Å². The van der Waals surface area contributed by atoms with Crippen LogP contribution in [-0.2, 0) is 0 Å². The van der Waals surface area contributed by atoms with Crippen molar-refractivity contribution >= 4 is 10.9 Å². The fourth-order valence-corrected chi connectivity index (χ4v) is 3.25. The van der Waals surface area contributed by atoms with Gasteiger partial charge in [0.1, 0.15) is 11.3 Å². The fourth-order valence-electron chi connectivity index (χ4n) is 3.25. The smallest absolute Gasteiger partial charge is 0.291 e. The van der Waals surface area contributed by atoms with Crippen LogP contribution in [0.5, 0.6) is 0 Å². The summed E-state index contributed by atoms with van der Waals surface area (Å²) in [5.41, 5.74) is 1.23. The van der Waals surface area contributed by atoms with E-state index < -0.39 is 0 Å². The number of hydrogen-bond acceptors (Lipinski definition) is 5. The van der Waals surface area contributed by atoms with Crippen molar-refractivity contribution in [3.05, 3.63) is 35.6 Å². The molecule has 7 heteroatoms. The summed E-state index contributed by atoms with van der Waals surface area (Å²) < 4.78 is 21.3. The SMILES string of the molecule is CNC1CC(c2nc(-n3nc(C(C)C)c4cccc(F)c43)no2)C1. The summed E-state index contributed by atoms with van der Waals surface area (Å²) in [4.78, 5) is 4.46. The van der Waals surface area contributed by atoms with Crippen LogP contribution in [0, 0.1) is 5.82 Å². The number of benzene rings is 1. The molecular formula is C17H20FN5O. The molecule has 0 atom stereocenters. The predicted molar refractivity (Wildman–Crippen MR) is 87.8 cm³/mol. The Balaban J connectivity index is 1.76. The van der Waals surface area contributed by atoms with Gasteiger partial charge >= 0.3 is 0 Å². The Hall–Kier alpha value is -2.28. The van der Waals surface area contributed by atoms with Gasteiger partial charge in [-0.25, -0.2) is 4.39 Å². The van der Waals surface area contributed by atoms with Gasteiger partial charge in [-0.3, -0.25) is 0 Å². The lowest BCUT2D eigenvalue weighted by Gasteiger charge is -2.32. The maximum absolute atomic E-state index is 14.4. The zero-order chi connectivity index (χ0) is 16.8. The van der Waals surface area contributed by atoms with E-state index in [4.69, 9.17) is 4.52 Å². The van der Waals surface area contributed by atoms with Crippen molar-refractivity contribution in [1.82, 2.24) is 25.2 Å². The van der Waals surface area contributed by atoms with E-state index in [1.165, 1.54) is 10.7 Å². The van der Waals surface area contributed by atoms with Crippen LogP contribution in [0.2, 0.25) is 0 Å². The molecule has 24 heavy (non-hydrogen) atoms. The Morgan fingerprint density at radius 3 is 2.83 bits per heavy atom. The van der Waals surface area contributed by atoms with Crippen molar-refractivity contribution in [3.8, 4) is 5.95 Å². The van der Waals surface area contributed by atoms with Crippen molar-refractivity contribution in [2.45, 2.75) is 44.6 Å². The number of rotatable bonds is 4. The number of aromatic nitrogens is 4. The minimum absolute atomic E-state index is 0.171. The number of para-hydroxylation sites is 1. The van der Waals surface area contributed by atoms with Crippen LogP contribution in [0.15, 0.2) is 22.7 Å². The summed E-state index contributed by atoms with van der Waals surface area (Å²) in [7, 11) is 1.95. The van der Waals surface area contributed by atoms with Gasteiger partial charge in [0.15, 0.2) is 0 Å². The van der Waals surface area contributed by atoms with Gasteiger partial charge in [0, 0.05) is 17.3 Å². The Labute approximate surface area is 139 Å². The van der Waals surface area contributed by atoms with E-state index in [0.29, 0.717) is 23.4 Å². The Kier molecular flexibility index (Phi) is 3.60. The third-order valence-electron chi connectivity index (χ3n) is 4.75. The van der Waals surface area contributed by atoms with E-state index in [9.17, 15) is 4.39 Å². The lowest BCUT2D eigenvalue weighted by Crippen LogP contribution is -2.37. The lowest BCUT2D eigenvalue weighted by atomic mass is 9.80. The van der Waals surface area contributed by atoms with Gasteiger partial charge in [-0.2, -0.15) is 14.8 Å². The number of nitrogens with one attached hydrogen (secondary N) is 1. The van der Waals surface area contributed by atoms with Gasteiger partial charge < -0.3 is 9.84 Å². The number of nitrogens with zero attached hydrogens (tertiary/aromatic N) is 4. The Morgan fingerprint density at radius 1 is 1.33 bits per heavy atom. The van der Waals surface area contributed by atoms with Crippen molar-refractivity contribution < 1.29 is 8.91 Å². The quantitative estimate of drug-likeness (QED) is 0.796. The summed E-state index contributed by atoms with van der Waals surface area (Å²) in [5.74, 6) is 0.990. The molecule has 0 amide bonds. The molecule has 1 aromatic carbocycles. The van der Waals surface area contributed by atoms with Crippen molar-refractivity contribution in [1.29, 1.82) is 0 Å². The molecule has 0 aliphatic heterocycles. The highest BCUT2D eigenvalue weighted by atomic mass is 19.1. The molecule has 6 nitrogen and oxygen atoms in total. The Morgan fingerprint density at radius 2 is 2.12 bits per heavy atom. The lowest BCUT2D eigenvalue weighted by molar-refractivity contribution is 0.242. The number of hydrogen-bond donors (Lipinski definition) is 1. The molecule has 1 saturated carbocycles. The summed E-state index contributed by atoms with van der Waals surface area (Å²) in [6, 6.07) is 5.50. The molecule has 4 rings (SSSR count). The van der Waals surface area contributed by atoms with Gasteiger partial charge in [-0.15, -0.1) is 0 Å². The molecule has 126 valence electrons. The number of halogens is 1. The zero-order valence-electron chi connectivity index (χ0n) is 14.0. The highest BCUT2D eigenvalue weighted by Crippen LogP contribution is 2.36. The molecule has 0 radical (unpaired) electrons. The minimum atomic E-state index is -0.336. The topological polar surface area (TPSA) is 68.8 Å². The zero-order valence-corrected chi connectivity index (χ0v) is 14.0. The first kappa shape index (κ1) is 15.3. The molecule has 1 aliphatic rings. The normalized spacial score (nSPS) is 20.7. The van der Waals surface area contributed by atoms with Crippen LogP contribution in [-0.4, -0.2) is 33.0 Å². The van der Waals surface area contributed by atoms with Crippen LogP contribution in [0.3, 0.4) is 0 Å². The van der Waals surface area contributed by atoms with Gasteiger partial charge in [0.2, 0.25) is 5.89 Å². The molecule has 0 bridgehead atoms. The van der Waals surface area contributed by atoms with E-state index in [2.05, 4.69) is 20.6 Å². The van der Waals surface area contributed by atoms with E-state index in [-0.39, 0.29) is 17.7 Å². The van der Waals surface area contributed by atoms with Crippen molar-refractivity contribution in [3.63, 3.8) is 0 Å². The van der Waals surface area contributed by atoms with Crippen molar-refractivity contribution in [2.75, 3.05) is 7.05 Å². The van der Waals surface area contributed by atoms with E-state index in [0.717, 1.165) is 23.9 Å². The second kappa shape index (κ2) is 5.66. The molecule has 0 unspecified atom stereocenters. The standard InChI is InChI=1S/C17H20FN5O/c1-9(2)14-12-5-4-6-13(18)15(12)23(21-14)17-20-16(24-22-17)10-7-11(8-10)19-3/h4-6,9-11,19H,7-8H2,1-3H3. The molecular weight excluding hydrogens is 309 g/mol. The average Bonchev–Trinajstić information content (AvgIpc) is 3.11.